The zero-order chi connectivity index (χ0) is 22.2. The van der Waals surface area contributed by atoms with E-state index in [1.807, 2.05) is 6.92 Å². The molecule has 2 aromatic carbocycles. The average Bonchev–Trinajstić information content (AvgIpc) is 2.88. The van der Waals surface area contributed by atoms with Gasteiger partial charge in [0.15, 0.2) is 5.69 Å². The first-order chi connectivity index (χ1) is 14.8. The number of amides is 1. The number of alkyl halides is 3. The van der Waals surface area contributed by atoms with Crippen LogP contribution < -0.4 is 9.64 Å². The van der Waals surface area contributed by atoms with Crippen LogP contribution in [0.5, 0.6) is 5.88 Å². The van der Waals surface area contributed by atoms with Crippen molar-refractivity contribution in [2.45, 2.75) is 31.4 Å². The van der Waals surface area contributed by atoms with Crippen molar-refractivity contribution < 1.29 is 22.7 Å². The van der Waals surface area contributed by atoms with Gasteiger partial charge in [0.1, 0.15) is 0 Å². The monoisotopic (exact) mass is 446 g/mol. The third kappa shape index (κ3) is 4.07. The van der Waals surface area contributed by atoms with E-state index in [4.69, 9.17) is 4.74 Å². The van der Waals surface area contributed by atoms with Gasteiger partial charge >= 0.3 is 6.18 Å². The van der Waals surface area contributed by atoms with Crippen LogP contribution in [0.15, 0.2) is 53.7 Å². The molecule has 10 heteroatoms. The lowest BCUT2D eigenvalue weighted by Crippen LogP contribution is -2.36. The first kappa shape index (κ1) is 21.1. The summed E-state index contributed by atoms with van der Waals surface area (Å²) in [6, 6.07) is 11.6. The molecule has 0 bridgehead atoms. The number of nitrogens with zero attached hydrogens (tertiary/aromatic N) is 4. The molecule has 1 aromatic heterocycles. The number of aromatic nitrogens is 3. The molecule has 1 amide bonds. The predicted molar refractivity (Wildman–Crippen MR) is 110 cm³/mol. The van der Waals surface area contributed by atoms with E-state index in [2.05, 4.69) is 15.2 Å². The van der Waals surface area contributed by atoms with Crippen molar-refractivity contribution in [2.24, 2.45) is 0 Å². The standard InChI is InChI=1S/C21H17F3N4O2S/c1-3-31-20-25-18-17(26-27-20)15-6-4-5-7-16(15)28(12(2)29)19(30-18)13-8-10-14(11-9-13)21(22,23)24/h4-11,19H,3H2,1-2H3/t19-/m1/s1. The molecule has 0 radical (unpaired) electrons. The molecule has 1 aliphatic heterocycles. The number of hydrogen-bond donors (Lipinski definition) is 0. The van der Waals surface area contributed by atoms with Gasteiger partial charge in [-0.25, -0.2) is 0 Å². The van der Waals surface area contributed by atoms with Crippen molar-refractivity contribution in [1.82, 2.24) is 15.2 Å². The molecular weight excluding hydrogens is 429 g/mol. The second-order valence-corrected chi connectivity index (χ2v) is 7.91. The van der Waals surface area contributed by atoms with Crippen molar-refractivity contribution in [3.05, 3.63) is 59.7 Å². The number of ether oxygens (including phenoxy) is 1. The van der Waals surface area contributed by atoms with Crippen LogP contribution in [0.3, 0.4) is 0 Å². The van der Waals surface area contributed by atoms with Gasteiger partial charge in [0.25, 0.3) is 0 Å². The zero-order valence-corrected chi connectivity index (χ0v) is 17.4. The lowest BCUT2D eigenvalue weighted by molar-refractivity contribution is -0.137. The quantitative estimate of drug-likeness (QED) is 0.521. The number of fused-ring (bicyclic) bond motifs is 3. The van der Waals surface area contributed by atoms with Crippen LogP contribution in [0.4, 0.5) is 18.9 Å². The van der Waals surface area contributed by atoms with Crippen LogP contribution in [0.1, 0.15) is 31.2 Å². The highest BCUT2D eigenvalue weighted by Gasteiger charge is 2.35. The molecule has 6 nitrogen and oxygen atoms in total. The summed E-state index contributed by atoms with van der Waals surface area (Å²) in [5.41, 5.74) is 1.04. The molecule has 0 saturated heterocycles. The van der Waals surface area contributed by atoms with Crippen LogP contribution in [-0.4, -0.2) is 26.8 Å². The number of anilines is 1. The number of halogens is 3. The average molecular weight is 446 g/mol. The zero-order valence-electron chi connectivity index (χ0n) is 16.6. The first-order valence-corrected chi connectivity index (χ1v) is 10.4. The molecule has 160 valence electrons. The van der Waals surface area contributed by atoms with Gasteiger partial charge in [-0.2, -0.15) is 18.2 Å². The topological polar surface area (TPSA) is 68.2 Å². The largest absolute Gasteiger partial charge is 0.447 e. The third-order valence-electron chi connectivity index (χ3n) is 4.65. The number of carbonyl (C=O) groups excluding carboxylic acids is 1. The molecule has 1 atom stereocenters. The SMILES string of the molecule is CCSc1nnc2c(n1)O[C@H](c1ccc(C(F)(F)F)cc1)N(C(C)=O)c1ccccc1-2. The summed E-state index contributed by atoms with van der Waals surface area (Å²) >= 11 is 1.37. The molecule has 1 aliphatic rings. The molecule has 0 saturated carbocycles. The summed E-state index contributed by atoms with van der Waals surface area (Å²) in [6.07, 6.45) is -5.50. The molecule has 0 N–H and O–H groups in total. The Kier molecular flexibility index (Phi) is 5.57. The Bertz CT molecular complexity index is 1120. The van der Waals surface area contributed by atoms with E-state index in [0.29, 0.717) is 27.7 Å². The first-order valence-electron chi connectivity index (χ1n) is 9.40. The fourth-order valence-corrected chi connectivity index (χ4v) is 3.80. The van der Waals surface area contributed by atoms with Gasteiger partial charge in [0.05, 0.1) is 11.3 Å². The summed E-state index contributed by atoms with van der Waals surface area (Å²) in [4.78, 5) is 18.5. The van der Waals surface area contributed by atoms with Crippen LogP contribution in [-0.2, 0) is 11.0 Å². The Morgan fingerprint density at radius 3 is 2.48 bits per heavy atom. The minimum Gasteiger partial charge on any atom is -0.447 e. The van der Waals surface area contributed by atoms with Crippen LogP contribution in [0.25, 0.3) is 11.3 Å². The molecule has 3 aromatic rings. The number of hydrogen-bond acceptors (Lipinski definition) is 6. The van der Waals surface area contributed by atoms with Gasteiger partial charge in [-0.3, -0.25) is 9.69 Å². The molecule has 0 aliphatic carbocycles. The second kappa shape index (κ2) is 8.18. The molecule has 0 fully saturated rings. The van der Waals surface area contributed by atoms with E-state index in [1.165, 1.54) is 35.7 Å². The second-order valence-electron chi connectivity index (χ2n) is 6.68. The molecular formula is C21H17F3N4O2S. The minimum absolute atomic E-state index is 0.159. The van der Waals surface area contributed by atoms with Crippen molar-refractivity contribution in [3.8, 4) is 17.1 Å². The highest BCUT2D eigenvalue weighted by molar-refractivity contribution is 7.99. The van der Waals surface area contributed by atoms with E-state index in [0.717, 1.165) is 17.9 Å². The van der Waals surface area contributed by atoms with Gasteiger partial charge in [-0.15, -0.1) is 10.2 Å². The van der Waals surface area contributed by atoms with Gasteiger partial charge in [-0.05, 0) is 24.0 Å². The Morgan fingerprint density at radius 2 is 1.84 bits per heavy atom. The van der Waals surface area contributed by atoms with Crippen LogP contribution in [0, 0.1) is 0 Å². The summed E-state index contributed by atoms with van der Waals surface area (Å²) in [5, 5.41) is 8.79. The number of carbonyl (C=O) groups is 1. The minimum atomic E-state index is -4.47. The van der Waals surface area contributed by atoms with Gasteiger partial charge in [0, 0.05) is 18.1 Å². The van der Waals surface area contributed by atoms with E-state index in [1.54, 1.807) is 24.3 Å². The van der Waals surface area contributed by atoms with Gasteiger partial charge in [0.2, 0.25) is 23.2 Å². The van der Waals surface area contributed by atoms with E-state index in [-0.39, 0.29) is 11.8 Å². The van der Waals surface area contributed by atoms with Crippen LogP contribution >= 0.6 is 11.8 Å². The molecule has 31 heavy (non-hydrogen) atoms. The number of thioether (sulfide) groups is 1. The molecule has 0 spiro atoms. The van der Waals surface area contributed by atoms with E-state index < -0.39 is 18.0 Å². The fourth-order valence-electron chi connectivity index (χ4n) is 3.30. The van der Waals surface area contributed by atoms with E-state index >= 15 is 0 Å². The smallest absolute Gasteiger partial charge is 0.416 e. The van der Waals surface area contributed by atoms with Crippen molar-refractivity contribution in [1.29, 1.82) is 0 Å². The Morgan fingerprint density at radius 1 is 1.13 bits per heavy atom. The van der Waals surface area contributed by atoms with E-state index in [9.17, 15) is 18.0 Å². The highest BCUT2D eigenvalue weighted by atomic mass is 32.2. The maximum absolute atomic E-state index is 13.0. The summed E-state index contributed by atoms with van der Waals surface area (Å²) < 4.78 is 45.2. The number of benzene rings is 2. The third-order valence-corrected chi connectivity index (χ3v) is 5.37. The molecule has 2 heterocycles. The Balaban J connectivity index is 1.88. The number of rotatable bonds is 3. The molecule has 4 rings (SSSR count). The van der Waals surface area contributed by atoms with Crippen molar-refractivity contribution in [2.75, 3.05) is 10.7 Å². The predicted octanol–water partition coefficient (Wildman–Crippen LogP) is 5.11. The summed E-state index contributed by atoms with van der Waals surface area (Å²) in [5.74, 6) is 0.534. The maximum atomic E-state index is 13.0. The lowest BCUT2D eigenvalue weighted by Gasteiger charge is -2.30. The van der Waals surface area contributed by atoms with Crippen molar-refractivity contribution in [3.63, 3.8) is 0 Å². The fraction of sp³-hybridized carbons (Fsp3) is 0.238. The Labute approximate surface area is 180 Å². The van der Waals surface area contributed by atoms with Gasteiger partial charge in [-0.1, -0.05) is 49.0 Å². The molecule has 0 unspecified atom stereocenters. The maximum Gasteiger partial charge on any atom is 0.416 e. The number of para-hydroxylation sites is 1. The lowest BCUT2D eigenvalue weighted by atomic mass is 10.1. The summed E-state index contributed by atoms with van der Waals surface area (Å²) in [7, 11) is 0. The van der Waals surface area contributed by atoms with Crippen molar-refractivity contribution >= 4 is 23.4 Å². The van der Waals surface area contributed by atoms with Gasteiger partial charge < -0.3 is 4.74 Å². The van der Waals surface area contributed by atoms with Crippen LogP contribution in [0.2, 0.25) is 0 Å². The Hall–Kier alpha value is -3.14. The summed E-state index contributed by atoms with van der Waals surface area (Å²) in [6.45, 7) is 3.31. The highest BCUT2D eigenvalue weighted by Crippen LogP contribution is 2.43. The normalized spacial score (nSPS) is 15.5.